The molecule has 1 spiro atoms. The molecule has 0 aromatic carbocycles. The van der Waals surface area contributed by atoms with Gasteiger partial charge in [-0.15, -0.1) is 10.2 Å². The van der Waals surface area contributed by atoms with Crippen LogP contribution in [0.15, 0.2) is 12.7 Å². The Balaban J connectivity index is 1.55. The summed E-state index contributed by atoms with van der Waals surface area (Å²) in [6.07, 6.45) is 8.18. The number of methoxy groups -OCH3 is 1. The molecule has 1 unspecified atom stereocenters. The van der Waals surface area contributed by atoms with Crippen LogP contribution in [0.1, 0.15) is 38.5 Å². The van der Waals surface area contributed by atoms with Crippen LogP contribution in [0.4, 0.5) is 0 Å². The molecule has 2 saturated heterocycles. The third-order valence-electron chi connectivity index (χ3n) is 5.59. The molecule has 0 aliphatic carbocycles. The molecule has 0 N–H and O–H groups in total. The molecular formula is C18H29N5O3. The number of rotatable bonds is 7. The van der Waals surface area contributed by atoms with E-state index in [9.17, 15) is 9.59 Å². The third-order valence-corrected chi connectivity index (χ3v) is 5.59. The molecule has 1 atom stereocenters. The van der Waals surface area contributed by atoms with Crippen LogP contribution in [-0.4, -0.2) is 76.3 Å². The fourth-order valence-corrected chi connectivity index (χ4v) is 4.18. The molecule has 144 valence electrons. The third kappa shape index (κ3) is 4.60. The number of piperidine rings is 2. The maximum atomic E-state index is 12.7. The Hall–Kier alpha value is -1.96. The summed E-state index contributed by atoms with van der Waals surface area (Å²) in [5.74, 6) is 0.420. The fourth-order valence-electron chi connectivity index (χ4n) is 4.18. The van der Waals surface area contributed by atoms with E-state index in [-0.39, 0.29) is 17.2 Å². The van der Waals surface area contributed by atoms with Gasteiger partial charge in [0.2, 0.25) is 11.8 Å². The van der Waals surface area contributed by atoms with Crippen molar-refractivity contribution in [1.29, 1.82) is 0 Å². The zero-order chi connectivity index (χ0) is 18.4. The highest BCUT2D eigenvalue weighted by atomic mass is 16.5. The van der Waals surface area contributed by atoms with Crippen molar-refractivity contribution in [1.82, 2.24) is 24.6 Å². The summed E-state index contributed by atoms with van der Waals surface area (Å²) in [6.45, 7) is 4.38. The van der Waals surface area contributed by atoms with Crippen molar-refractivity contribution in [3.63, 3.8) is 0 Å². The number of ether oxygens (including phenoxy) is 1. The Labute approximate surface area is 154 Å². The van der Waals surface area contributed by atoms with Crippen molar-refractivity contribution >= 4 is 11.8 Å². The predicted octanol–water partition coefficient (Wildman–Crippen LogP) is 0.936. The molecule has 2 amide bonds. The van der Waals surface area contributed by atoms with Crippen LogP contribution in [0.5, 0.6) is 0 Å². The summed E-state index contributed by atoms with van der Waals surface area (Å²) < 4.78 is 6.94. The fraction of sp³-hybridized carbons (Fsp3) is 0.778. The second-order valence-electron chi connectivity index (χ2n) is 7.53. The molecule has 2 aliphatic heterocycles. The van der Waals surface area contributed by atoms with Crippen molar-refractivity contribution in [3.05, 3.63) is 12.7 Å². The molecule has 1 aromatic heterocycles. The van der Waals surface area contributed by atoms with Crippen molar-refractivity contribution in [2.24, 2.45) is 5.41 Å². The first kappa shape index (κ1) is 18.8. The minimum Gasteiger partial charge on any atom is -0.385 e. The lowest BCUT2D eigenvalue weighted by Gasteiger charge is -2.48. The van der Waals surface area contributed by atoms with E-state index < -0.39 is 0 Å². The highest BCUT2D eigenvalue weighted by Crippen LogP contribution is 2.39. The van der Waals surface area contributed by atoms with Crippen molar-refractivity contribution in [2.45, 2.75) is 45.1 Å². The lowest BCUT2D eigenvalue weighted by atomic mass is 9.73. The average Bonchev–Trinajstić information content (AvgIpc) is 3.17. The topological polar surface area (TPSA) is 80.6 Å². The van der Waals surface area contributed by atoms with Crippen LogP contribution in [-0.2, 0) is 20.9 Å². The Morgan fingerprint density at radius 2 is 2.04 bits per heavy atom. The number of hydrogen-bond donors (Lipinski definition) is 0. The van der Waals surface area contributed by atoms with Gasteiger partial charge in [0.25, 0.3) is 0 Å². The zero-order valence-corrected chi connectivity index (χ0v) is 15.6. The van der Waals surface area contributed by atoms with E-state index in [0.29, 0.717) is 26.0 Å². The summed E-state index contributed by atoms with van der Waals surface area (Å²) >= 11 is 0. The number of amides is 2. The highest BCUT2D eigenvalue weighted by molar-refractivity contribution is 5.78. The number of aromatic nitrogens is 3. The number of carbonyl (C=O) groups is 2. The molecule has 2 fully saturated rings. The standard InChI is InChI=1S/C18H29N5O3/c1-26-11-3-9-23-13-18(7-4-16(23)24)6-2-8-22(12-18)17(25)5-10-21-14-19-20-15-21/h14-15H,2-13H2,1H3. The van der Waals surface area contributed by atoms with Gasteiger partial charge in [0.1, 0.15) is 12.7 Å². The van der Waals surface area contributed by atoms with Crippen LogP contribution in [0.3, 0.4) is 0 Å². The molecule has 26 heavy (non-hydrogen) atoms. The minimum atomic E-state index is 0.0610. The number of likely N-dealkylation sites (tertiary alicyclic amines) is 2. The molecule has 0 bridgehead atoms. The Morgan fingerprint density at radius 3 is 2.81 bits per heavy atom. The average molecular weight is 363 g/mol. The Kier molecular flexibility index (Phi) is 6.24. The monoisotopic (exact) mass is 363 g/mol. The van der Waals surface area contributed by atoms with Gasteiger partial charge in [-0.1, -0.05) is 0 Å². The summed E-state index contributed by atoms with van der Waals surface area (Å²) in [5, 5.41) is 7.54. The van der Waals surface area contributed by atoms with E-state index in [1.807, 2.05) is 14.4 Å². The molecule has 8 heteroatoms. The molecule has 8 nitrogen and oxygen atoms in total. The minimum absolute atomic E-state index is 0.0610. The Bertz CT molecular complexity index is 606. The molecular weight excluding hydrogens is 334 g/mol. The van der Waals surface area contributed by atoms with Gasteiger partial charge in [-0.05, 0) is 25.7 Å². The van der Waals surface area contributed by atoms with E-state index >= 15 is 0 Å². The summed E-state index contributed by atoms with van der Waals surface area (Å²) in [4.78, 5) is 28.9. The summed E-state index contributed by atoms with van der Waals surface area (Å²) in [6, 6.07) is 0. The van der Waals surface area contributed by atoms with Crippen LogP contribution in [0.25, 0.3) is 0 Å². The zero-order valence-electron chi connectivity index (χ0n) is 15.6. The largest absolute Gasteiger partial charge is 0.385 e. The smallest absolute Gasteiger partial charge is 0.224 e. The van der Waals surface area contributed by atoms with Gasteiger partial charge < -0.3 is 19.1 Å². The van der Waals surface area contributed by atoms with E-state index in [4.69, 9.17) is 4.74 Å². The maximum absolute atomic E-state index is 12.7. The second-order valence-corrected chi connectivity index (χ2v) is 7.53. The number of aryl methyl sites for hydroxylation is 1. The van der Waals surface area contributed by atoms with E-state index in [0.717, 1.165) is 51.9 Å². The van der Waals surface area contributed by atoms with Gasteiger partial charge in [-0.25, -0.2) is 0 Å². The lowest BCUT2D eigenvalue weighted by molar-refractivity contribution is -0.143. The molecule has 1 aromatic rings. The van der Waals surface area contributed by atoms with E-state index in [1.54, 1.807) is 19.8 Å². The van der Waals surface area contributed by atoms with Gasteiger partial charge in [0.15, 0.2) is 0 Å². The molecule has 0 saturated carbocycles. The number of carbonyl (C=O) groups excluding carboxylic acids is 2. The first-order valence-corrected chi connectivity index (χ1v) is 9.49. The van der Waals surface area contributed by atoms with Crippen LogP contribution < -0.4 is 0 Å². The van der Waals surface area contributed by atoms with Crippen LogP contribution in [0, 0.1) is 5.41 Å². The van der Waals surface area contributed by atoms with Gasteiger partial charge in [-0.3, -0.25) is 9.59 Å². The predicted molar refractivity (Wildman–Crippen MR) is 95.2 cm³/mol. The van der Waals surface area contributed by atoms with Crippen molar-refractivity contribution < 1.29 is 14.3 Å². The Morgan fingerprint density at radius 1 is 1.23 bits per heavy atom. The van der Waals surface area contributed by atoms with Gasteiger partial charge in [0.05, 0.1) is 0 Å². The quantitative estimate of drug-likeness (QED) is 0.674. The maximum Gasteiger partial charge on any atom is 0.224 e. The van der Waals surface area contributed by atoms with Crippen LogP contribution >= 0.6 is 0 Å². The van der Waals surface area contributed by atoms with Crippen LogP contribution in [0.2, 0.25) is 0 Å². The highest BCUT2D eigenvalue weighted by Gasteiger charge is 2.42. The molecule has 3 heterocycles. The van der Waals surface area contributed by atoms with Gasteiger partial charge in [0, 0.05) is 64.7 Å². The SMILES string of the molecule is COCCCN1CC2(CCCN(C(=O)CCn3cnnc3)C2)CCC1=O. The first-order chi connectivity index (χ1) is 12.6. The lowest BCUT2D eigenvalue weighted by Crippen LogP contribution is -2.55. The van der Waals surface area contributed by atoms with Gasteiger partial charge >= 0.3 is 0 Å². The molecule has 0 radical (unpaired) electrons. The van der Waals surface area contributed by atoms with Crippen molar-refractivity contribution in [2.75, 3.05) is 39.9 Å². The molecule has 3 rings (SSSR count). The summed E-state index contributed by atoms with van der Waals surface area (Å²) in [5.41, 5.74) is 0.0610. The van der Waals surface area contributed by atoms with Crippen molar-refractivity contribution in [3.8, 4) is 0 Å². The van der Waals surface area contributed by atoms with Gasteiger partial charge in [-0.2, -0.15) is 0 Å². The summed E-state index contributed by atoms with van der Waals surface area (Å²) in [7, 11) is 1.68. The van der Waals surface area contributed by atoms with E-state index in [2.05, 4.69) is 10.2 Å². The first-order valence-electron chi connectivity index (χ1n) is 9.49. The number of nitrogens with zero attached hydrogens (tertiary/aromatic N) is 5. The number of hydrogen-bond acceptors (Lipinski definition) is 5. The normalized spacial score (nSPS) is 23.7. The molecule has 2 aliphatic rings. The second kappa shape index (κ2) is 8.62. The van der Waals surface area contributed by atoms with E-state index in [1.165, 1.54) is 0 Å².